The van der Waals surface area contributed by atoms with Crippen LogP contribution in [0.4, 0.5) is 0 Å². The summed E-state index contributed by atoms with van der Waals surface area (Å²) in [4.78, 5) is 0. The van der Waals surface area contributed by atoms with Crippen molar-refractivity contribution in [3.8, 4) is 16.8 Å². The summed E-state index contributed by atoms with van der Waals surface area (Å²) >= 11 is 7.59. The van der Waals surface area contributed by atoms with E-state index in [0.717, 1.165) is 8.95 Å². The molecule has 2 aliphatic rings. The first-order valence-electron chi connectivity index (χ1n) is 11.4. The van der Waals surface area contributed by atoms with Gasteiger partial charge in [-0.1, -0.05) is 98.6 Å². The number of fused-ring (bicyclic) bond motifs is 12. The highest BCUT2D eigenvalue weighted by Gasteiger charge is 2.50. The summed E-state index contributed by atoms with van der Waals surface area (Å²) in [5, 5.41) is 2.61. The lowest BCUT2D eigenvalue weighted by molar-refractivity contribution is 0.747. The molecule has 0 fully saturated rings. The summed E-state index contributed by atoms with van der Waals surface area (Å²) in [6, 6.07) is 38.1. The van der Waals surface area contributed by atoms with Gasteiger partial charge >= 0.3 is 0 Å². The molecule has 1 aliphatic heterocycles. The lowest BCUT2D eigenvalue weighted by Gasteiger charge is -2.39. The van der Waals surface area contributed by atoms with E-state index in [1.165, 1.54) is 60.9 Å². The zero-order valence-electron chi connectivity index (χ0n) is 18.0. The first-order chi connectivity index (χ1) is 16.7. The molecular weight excluding hydrogens is 546 g/mol. The highest BCUT2D eigenvalue weighted by Crippen LogP contribution is 2.61. The van der Waals surface area contributed by atoms with E-state index in [2.05, 4.69) is 140 Å². The minimum Gasteiger partial charge on any atom is -0.309 e. The Bertz CT molecular complexity index is 1790. The largest absolute Gasteiger partial charge is 0.309 e. The van der Waals surface area contributed by atoms with Gasteiger partial charge in [0.25, 0.3) is 0 Å². The second-order valence-electron chi connectivity index (χ2n) is 9.20. The average molecular weight is 563 g/mol. The number of rotatable bonds is 0. The summed E-state index contributed by atoms with van der Waals surface area (Å²) < 4.78 is 4.69. The molecule has 1 spiro atoms. The normalized spacial score (nSPS) is 14.4. The molecule has 0 unspecified atom stereocenters. The molecule has 1 aromatic heterocycles. The molecule has 6 aromatic rings. The molecule has 0 radical (unpaired) electrons. The van der Waals surface area contributed by atoms with Crippen LogP contribution in [0.25, 0.3) is 38.6 Å². The maximum absolute atomic E-state index is 3.80. The van der Waals surface area contributed by atoms with Gasteiger partial charge in [0.1, 0.15) is 0 Å². The molecule has 1 aliphatic carbocycles. The van der Waals surface area contributed by atoms with Gasteiger partial charge in [-0.3, -0.25) is 0 Å². The minimum atomic E-state index is -0.390. The molecule has 1 nitrogen and oxygen atoms in total. The van der Waals surface area contributed by atoms with Crippen LogP contribution in [0.2, 0.25) is 0 Å². The molecule has 34 heavy (non-hydrogen) atoms. The van der Waals surface area contributed by atoms with Gasteiger partial charge < -0.3 is 4.57 Å². The van der Waals surface area contributed by atoms with Crippen molar-refractivity contribution in [2.75, 3.05) is 0 Å². The van der Waals surface area contributed by atoms with Crippen molar-refractivity contribution in [1.29, 1.82) is 0 Å². The second kappa shape index (κ2) is 6.50. The van der Waals surface area contributed by atoms with Gasteiger partial charge in [0.05, 0.1) is 22.1 Å². The van der Waals surface area contributed by atoms with Crippen LogP contribution in [0.15, 0.2) is 112 Å². The molecule has 2 heterocycles. The third-order valence-electron chi connectivity index (χ3n) is 7.71. The molecule has 3 heteroatoms. The number of halogens is 2. The summed E-state index contributed by atoms with van der Waals surface area (Å²) in [6.07, 6.45) is 0. The molecule has 0 atom stereocenters. The fraction of sp³-hybridized carbons (Fsp3) is 0.0323. The standard InChI is InChI=1S/C31H17Br2N/c32-18-12-14-20-21-15-13-19(33)17-27(21)31(26(20)16-18)24-8-2-4-11-29(24)34-28-10-3-1-6-22(28)23-7-5-9-25(31)30(23)34/h1-17H. The second-order valence-corrected chi connectivity index (χ2v) is 11.0. The van der Waals surface area contributed by atoms with Gasteiger partial charge in [0.15, 0.2) is 0 Å². The predicted octanol–water partition coefficient (Wildman–Crippen LogP) is 8.99. The van der Waals surface area contributed by atoms with Crippen molar-refractivity contribution in [2.24, 2.45) is 0 Å². The molecule has 160 valence electrons. The lowest BCUT2D eigenvalue weighted by atomic mass is 9.65. The van der Waals surface area contributed by atoms with Gasteiger partial charge in [-0.25, -0.2) is 0 Å². The number of aromatic nitrogens is 1. The van der Waals surface area contributed by atoms with Crippen molar-refractivity contribution >= 4 is 53.7 Å². The zero-order chi connectivity index (χ0) is 22.6. The van der Waals surface area contributed by atoms with Crippen LogP contribution in [0.3, 0.4) is 0 Å². The number of nitrogens with zero attached hydrogens (tertiary/aromatic N) is 1. The third kappa shape index (κ3) is 2.12. The summed E-state index contributed by atoms with van der Waals surface area (Å²) in [5.41, 5.74) is 11.4. The molecule has 0 N–H and O–H groups in total. The van der Waals surface area contributed by atoms with Crippen LogP contribution in [0.5, 0.6) is 0 Å². The fourth-order valence-corrected chi connectivity index (χ4v) is 7.27. The smallest absolute Gasteiger partial charge is 0.0755 e. The van der Waals surface area contributed by atoms with Crippen LogP contribution < -0.4 is 0 Å². The Balaban J connectivity index is 1.70. The van der Waals surface area contributed by atoms with E-state index in [-0.39, 0.29) is 0 Å². The third-order valence-corrected chi connectivity index (χ3v) is 8.70. The molecule has 5 aromatic carbocycles. The van der Waals surface area contributed by atoms with E-state index in [1.807, 2.05) is 0 Å². The predicted molar refractivity (Wildman–Crippen MR) is 147 cm³/mol. The topological polar surface area (TPSA) is 4.93 Å². The van der Waals surface area contributed by atoms with Crippen LogP contribution >= 0.6 is 31.9 Å². The van der Waals surface area contributed by atoms with Crippen LogP contribution in [0.1, 0.15) is 22.3 Å². The van der Waals surface area contributed by atoms with E-state index >= 15 is 0 Å². The first kappa shape index (κ1) is 19.2. The van der Waals surface area contributed by atoms with Crippen LogP contribution in [-0.2, 0) is 5.41 Å². The Labute approximate surface area is 213 Å². The Hall–Kier alpha value is -3.14. The van der Waals surface area contributed by atoms with E-state index in [0.29, 0.717) is 0 Å². The Morgan fingerprint density at radius 3 is 1.91 bits per heavy atom. The molecule has 0 bridgehead atoms. The number of para-hydroxylation sites is 3. The summed E-state index contributed by atoms with van der Waals surface area (Å²) in [6.45, 7) is 0. The number of hydrogen-bond acceptors (Lipinski definition) is 0. The SMILES string of the molecule is Brc1ccc2c(c1)C1(c3cc(Br)ccc3-2)c2ccccc2-n2c3ccccc3c3cccc1c32. The molecule has 8 rings (SSSR count). The average Bonchev–Trinajstić information content (AvgIpc) is 3.34. The molecule has 0 amide bonds. The number of hydrogen-bond donors (Lipinski definition) is 0. The van der Waals surface area contributed by atoms with Crippen molar-refractivity contribution in [2.45, 2.75) is 5.41 Å². The van der Waals surface area contributed by atoms with Crippen LogP contribution in [0, 0.1) is 0 Å². The Kier molecular flexibility index (Phi) is 3.67. The van der Waals surface area contributed by atoms with Gasteiger partial charge in [-0.15, -0.1) is 0 Å². The number of benzene rings is 5. The Morgan fingerprint density at radius 1 is 0.529 bits per heavy atom. The Morgan fingerprint density at radius 2 is 1.15 bits per heavy atom. The van der Waals surface area contributed by atoms with Gasteiger partial charge in [-0.05, 0) is 69.8 Å². The van der Waals surface area contributed by atoms with Crippen molar-refractivity contribution in [1.82, 2.24) is 4.57 Å². The summed E-state index contributed by atoms with van der Waals surface area (Å²) in [7, 11) is 0. The highest BCUT2D eigenvalue weighted by molar-refractivity contribution is 9.10. The minimum absolute atomic E-state index is 0.390. The maximum Gasteiger partial charge on any atom is 0.0755 e. The van der Waals surface area contributed by atoms with Crippen molar-refractivity contribution in [3.63, 3.8) is 0 Å². The molecule has 0 saturated carbocycles. The van der Waals surface area contributed by atoms with E-state index in [9.17, 15) is 0 Å². The van der Waals surface area contributed by atoms with E-state index in [4.69, 9.17) is 0 Å². The van der Waals surface area contributed by atoms with Gasteiger partial charge in [0, 0.05) is 19.7 Å². The summed E-state index contributed by atoms with van der Waals surface area (Å²) in [5.74, 6) is 0. The van der Waals surface area contributed by atoms with Crippen molar-refractivity contribution < 1.29 is 0 Å². The quantitative estimate of drug-likeness (QED) is 0.174. The highest BCUT2D eigenvalue weighted by atomic mass is 79.9. The first-order valence-corrected chi connectivity index (χ1v) is 13.0. The fourth-order valence-electron chi connectivity index (χ4n) is 6.55. The molecular formula is C31H17Br2N. The van der Waals surface area contributed by atoms with Crippen LogP contribution in [-0.4, -0.2) is 4.57 Å². The van der Waals surface area contributed by atoms with E-state index in [1.54, 1.807) is 0 Å². The lowest BCUT2D eigenvalue weighted by Crippen LogP contribution is -2.33. The van der Waals surface area contributed by atoms with E-state index < -0.39 is 5.41 Å². The molecule has 0 saturated heterocycles. The maximum atomic E-state index is 3.80. The monoisotopic (exact) mass is 561 g/mol. The van der Waals surface area contributed by atoms with Gasteiger partial charge in [-0.2, -0.15) is 0 Å². The van der Waals surface area contributed by atoms with Gasteiger partial charge in [0.2, 0.25) is 0 Å². The van der Waals surface area contributed by atoms with Crippen molar-refractivity contribution in [3.05, 3.63) is 134 Å². The zero-order valence-corrected chi connectivity index (χ0v) is 21.2.